The average molecular weight is 412 g/mol. The van der Waals surface area contributed by atoms with Crippen molar-refractivity contribution in [3.05, 3.63) is 54.1 Å². The number of anilines is 1. The molecule has 2 aromatic rings. The molecule has 0 saturated carbocycles. The monoisotopic (exact) mass is 412 g/mol. The molecule has 2 amide bonds. The van der Waals surface area contributed by atoms with Gasteiger partial charge in [0, 0.05) is 5.69 Å². The quantitative estimate of drug-likeness (QED) is 0.704. The lowest BCUT2D eigenvalue weighted by Crippen LogP contribution is -2.34. The fourth-order valence-electron chi connectivity index (χ4n) is 2.07. The highest BCUT2D eigenvalue weighted by molar-refractivity contribution is 7.90. The van der Waals surface area contributed by atoms with Gasteiger partial charge >= 0.3 is 6.03 Å². The summed E-state index contributed by atoms with van der Waals surface area (Å²) < 4.78 is 55.0. The van der Waals surface area contributed by atoms with Crippen LogP contribution in [0.5, 0.6) is 0 Å². The number of carbonyl (C=O) groups is 1. The molecule has 0 aromatic heterocycles. The van der Waals surface area contributed by atoms with E-state index in [-0.39, 0.29) is 15.5 Å². The smallest absolute Gasteiger partial charge is 0.307 e. The predicted octanol–water partition coefficient (Wildman–Crippen LogP) is 2.62. The van der Waals surface area contributed by atoms with Crippen LogP contribution >= 0.6 is 0 Å². The molecule has 0 aliphatic carbocycles. The molecule has 0 atom stereocenters. The minimum absolute atomic E-state index is 0.0458. The minimum Gasteiger partial charge on any atom is -0.307 e. The maximum atomic E-state index is 12.2. The van der Waals surface area contributed by atoms with E-state index in [4.69, 9.17) is 4.18 Å². The molecule has 0 heterocycles. The van der Waals surface area contributed by atoms with Crippen molar-refractivity contribution in [2.75, 3.05) is 5.32 Å². The van der Waals surface area contributed by atoms with Crippen LogP contribution < -0.4 is 10.0 Å². The standard InChI is InChI=1S/C17H20N2O6S2/c1-12(2)25-27(23,24)16-10-6-14(7-11-16)18-17(20)19-26(21,22)15-8-4-13(3)5-9-15/h4-12H,1-3H3,(H2,18,19,20). The summed E-state index contributed by atoms with van der Waals surface area (Å²) in [4.78, 5) is 11.8. The van der Waals surface area contributed by atoms with Gasteiger partial charge in [-0.2, -0.15) is 8.42 Å². The fraction of sp³-hybridized carbons (Fsp3) is 0.235. The first-order valence-corrected chi connectivity index (χ1v) is 10.8. The van der Waals surface area contributed by atoms with Crippen LogP contribution in [-0.4, -0.2) is 29.0 Å². The van der Waals surface area contributed by atoms with Gasteiger partial charge in [-0.05, 0) is 57.2 Å². The molecule has 27 heavy (non-hydrogen) atoms. The van der Waals surface area contributed by atoms with Crippen molar-refractivity contribution in [3.8, 4) is 0 Å². The van der Waals surface area contributed by atoms with Gasteiger partial charge in [0.05, 0.1) is 15.9 Å². The SMILES string of the molecule is Cc1ccc(S(=O)(=O)NC(=O)Nc2ccc(S(=O)(=O)OC(C)C)cc2)cc1. The van der Waals surface area contributed by atoms with E-state index < -0.39 is 32.3 Å². The van der Waals surface area contributed by atoms with Crippen LogP contribution in [-0.2, 0) is 24.3 Å². The molecule has 146 valence electrons. The zero-order valence-corrected chi connectivity index (χ0v) is 16.6. The molecule has 2 N–H and O–H groups in total. The summed E-state index contributed by atoms with van der Waals surface area (Å²) in [7, 11) is -7.92. The predicted molar refractivity (Wildman–Crippen MR) is 100 cm³/mol. The van der Waals surface area contributed by atoms with Crippen molar-refractivity contribution in [1.29, 1.82) is 0 Å². The summed E-state index contributed by atoms with van der Waals surface area (Å²) in [5.41, 5.74) is 1.10. The third-order valence-corrected chi connectivity index (χ3v) is 6.11. The van der Waals surface area contributed by atoms with Gasteiger partial charge in [0.1, 0.15) is 0 Å². The first kappa shape index (κ1) is 20.9. The molecule has 0 aliphatic rings. The van der Waals surface area contributed by atoms with Crippen molar-refractivity contribution < 1.29 is 25.8 Å². The third-order valence-electron chi connectivity index (χ3n) is 3.28. The maximum absolute atomic E-state index is 12.2. The number of nitrogens with one attached hydrogen (secondary N) is 2. The highest BCUT2D eigenvalue weighted by atomic mass is 32.2. The van der Waals surface area contributed by atoms with Crippen LogP contribution in [0, 0.1) is 6.92 Å². The highest BCUT2D eigenvalue weighted by Crippen LogP contribution is 2.17. The summed E-state index contributed by atoms with van der Waals surface area (Å²) in [5.74, 6) is 0. The number of benzene rings is 2. The lowest BCUT2D eigenvalue weighted by atomic mass is 10.2. The summed E-state index contributed by atoms with van der Waals surface area (Å²) in [5, 5.41) is 2.33. The van der Waals surface area contributed by atoms with Gasteiger partial charge in [0.25, 0.3) is 20.1 Å². The van der Waals surface area contributed by atoms with E-state index in [1.165, 1.54) is 36.4 Å². The van der Waals surface area contributed by atoms with E-state index in [1.54, 1.807) is 26.0 Å². The van der Waals surface area contributed by atoms with Gasteiger partial charge < -0.3 is 5.32 Å². The van der Waals surface area contributed by atoms with Crippen molar-refractivity contribution >= 4 is 31.9 Å². The Morgan fingerprint density at radius 1 is 0.889 bits per heavy atom. The topological polar surface area (TPSA) is 119 Å². The van der Waals surface area contributed by atoms with E-state index >= 15 is 0 Å². The Labute approximate surface area is 158 Å². The lowest BCUT2D eigenvalue weighted by molar-refractivity contribution is 0.249. The number of carbonyl (C=O) groups excluding carboxylic acids is 1. The Kier molecular flexibility index (Phi) is 6.24. The second-order valence-electron chi connectivity index (χ2n) is 6.00. The molecule has 10 heteroatoms. The molecule has 8 nitrogen and oxygen atoms in total. The molecule has 0 saturated heterocycles. The van der Waals surface area contributed by atoms with E-state index in [0.29, 0.717) is 0 Å². The van der Waals surface area contributed by atoms with Gasteiger partial charge in [-0.3, -0.25) is 4.18 Å². The molecule has 0 bridgehead atoms. The zero-order chi connectivity index (χ0) is 20.2. The van der Waals surface area contributed by atoms with Crippen LogP contribution in [0.15, 0.2) is 58.3 Å². The summed E-state index contributed by atoms with van der Waals surface area (Å²) >= 11 is 0. The van der Waals surface area contributed by atoms with Crippen LogP contribution in [0.25, 0.3) is 0 Å². The molecule has 2 rings (SSSR count). The Morgan fingerprint density at radius 2 is 1.41 bits per heavy atom. The van der Waals surface area contributed by atoms with Crippen LogP contribution in [0.4, 0.5) is 10.5 Å². The average Bonchev–Trinajstić information content (AvgIpc) is 2.54. The Hall–Kier alpha value is -2.43. The number of urea groups is 1. The molecular formula is C17H20N2O6S2. The van der Waals surface area contributed by atoms with E-state index in [1.807, 2.05) is 11.6 Å². The molecule has 2 aromatic carbocycles. The van der Waals surface area contributed by atoms with E-state index in [9.17, 15) is 21.6 Å². The van der Waals surface area contributed by atoms with Gasteiger partial charge in [-0.15, -0.1) is 0 Å². The van der Waals surface area contributed by atoms with Crippen molar-refractivity contribution in [2.45, 2.75) is 36.7 Å². The summed E-state index contributed by atoms with van der Waals surface area (Å²) in [6.07, 6.45) is -0.509. The molecule has 0 radical (unpaired) electrons. The van der Waals surface area contributed by atoms with Crippen molar-refractivity contribution in [1.82, 2.24) is 4.72 Å². The first-order chi connectivity index (χ1) is 12.5. The molecule has 0 fully saturated rings. The third kappa shape index (κ3) is 5.78. The Bertz CT molecular complexity index is 1010. The first-order valence-electron chi connectivity index (χ1n) is 7.93. The summed E-state index contributed by atoms with van der Waals surface area (Å²) in [6.45, 7) is 4.99. The minimum atomic E-state index is -4.02. The van der Waals surface area contributed by atoms with E-state index in [2.05, 4.69) is 5.32 Å². The number of sulfonamides is 1. The normalized spacial score (nSPS) is 12.0. The summed E-state index contributed by atoms with van der Waals surface area (Å²) in [6, 6.07) is 10.2. The van der Waals surface area contributed by atoms with Crippen LogP contribution in [0.1, 0.15) is 19.4 Å². The molecular weight excluding hydrogens is 392 g/mol. The maximum Gasteiger partial charge on any atom is 0.333 e. The lowest BCUT2D eigenvalue weighted by Gasteiger charge is -2.10. The van der Waals surface area contributed by atoms with Gasteiger partial charge in [-0.1, -0.05) is 17.7 Å². The van der Waals surface area contributed by atoms with Crippen LogP contribution in [0.2, 0.25) is 0 Å². The van der Waals surface area contributed by atoms with E-state index in [0.717, 1.165) is 5.56 Å². The van der Waals surface area contributed by atoms with Gasteiger partial charge in [0.15, 0.2) is 0 Å². The zero-order valence-electron chi connectivity index (χ0n) is 15.0. The second-order valence-corrected chi connectivity index (χ2v) is 9.25. The Morgan fingerprint density at radius 3 is 1.93 bits per heavy atom. The number of hydrogen-bond acceptors (Lipinski definition) is 6. The second kappa shape index (κ2) is 8.07. The van der Waals surface area contributed by atoms with Crippen LogP contribution in [0.3, 0.4) is 0 Å². The Balaban J connectivity index is 2.07. The van der Waals surface area contributed by atoms with Gasteiger partial charge in [-0.25, -0.2) is 17.9 Å². The number of rotatable bonds is 6. The van der Waals surface area contributed by atoms with Crippen molar-refractivity contribution in [2.24, 2.45) is 0 Å². The molecule has 0 aliphatic heterocycles. The fourth-order valence-corrected chi connectivity index (χ4v) is 4.06. The highest BCUT2D eigenvalue weighted by Gasteiger charge is 2.19. The number of aryl methyl sites for hydroxylation is 1. The molecule has 0 unspecified atom stereocenters. The van der Waals surface area contributed by atoms with Gasteiger partial charge in [0.2, 0.25) is 0 Å². The van der Waals surface area contributed by atoms with Crippen molar-refractivity contribution in [3.63, 3.8) is 0 Å². The number of hydrogen-bond donors (Lipinski definition) is 2. The number of amides is 2. The molecule has 0 spiro atoms. The largest absolute Gasteiger partial charge is 0.333 e.